The maximum absolute atomic E-state index is 12.4. The summed E-state index contributed by atoms with van der Waals surface area (Å²) in [4.78, 5) is 27.7. The number of piperazine rings is 1. The molecule has 0 saturated carbocycles. The van der Waals surface area contributed by atoms with Crippen LogP contribution in [-0.4, -0.2) is 53.7 Å². The SMILES string of the molecule is CC(C)(C)OC(=O)N1CCN(C(=O)Nc2cc(Br)ccc2Br)CC1. The zero-order valence-corrected chi connectivity index (χ0v) is 17.1. The summed E-state index contributed by atoms with van der Waals surface area (Å²) >= 11 is 6.80. The molecule has 0 atom stereocenters. The summed E-state index contributed by atoms with van der Waals surface area (Å²) < 4.78 is 7.05. The van der Waals surface area contributed by atoms with Gasteiger partial charge in [-0.2, -0.15) is 0 Å². The van der Waals surface area contributed by atoms with Crippen LogP contribution < -0.4 is 5.32 Å². The molecule has 8 heteroatoms. The normalized spacial score (nSPS) is 15.2. The van der Waals surface area contributed by atoms with Crippen LogP contribution >= 0.6 is 31.9 Å². The van der Waals surface area contributed by atoms with E-state index < -0.39 is 5.60 Å². The maximum atomic E-state index is 12.4. The van der Waals surface area contributed by atoms with Crippen molar-refractivity contribution in [3.63, 3.8) is 0 Å². The molecule has 1 fully saturated rings. The van der Waals surface area contributed by atoms with Crippen LogP contribution in [0.2, 0.25) is 0 Å². The van der Waals surface area contributed by atoms with Gasteiger partial charge in [-0.25, -0.2) is 9.59 Å². The molecule has 1 aliphatic heterocycles. The Hall–Kier alpha value is -1.28. The number of carbonyl (C=O) groups excluding carboxylic acids is 2. The van der Waals surface area contributed by atoms with Crippen molar-refractivity contribution in [1.82, 2.24) is 9.80 Å². The van der Waals surface area contributed by atoms with Crippen molar-refractivity contribution in [3.8, 4) is 0 Å². The van der Waals surface area contributed by atoms with Crippen LogP contribution in [0.5, 0.6) is 0 Å². The highest BCUT2D eigenvalue weighted by atomic mass is 79.9. The van der Waals surface area contributed by atoms with Crippen LogP contribution in [0.3, 0.4) is 0 Å². The van der Waals surface area contributed by atoms with Crippen LogP contribution in [0.25, 0.3) is 0 Å². The quantitative estimate of drug-likeness (QED) is 0.676. The molecule has 0 bridgehead atoms. The number of hydrogen-bond donors (Lipinski definition) is 1. The number of urea groups is 1. The van der Waals surface area contributed by atoms with E-state index in [2.05, 4.69) is 37.2 Å². The third-order valence-electron chi connectivity index (χ3n) is 3.39. The van der Waals surface area contributed by atoms with Crippen LogP contribution in [0.1, 0.15) is 20.8 Å². The summed E-state index contributed by atoms with van der Waals surface area (Å²) in [5.41, 5.74) is 0.183. The standard InChI is InChI=1S/C16H21Br2N3O3/c1-16(2,3)24-15(23)21-8-6-20(7-9-21)14(22)19-13-10-11(17)4-5-12(13)18/h4-5,10H,6-9H2,1-3H3,(H,19,22). The van der Waals surface area contributed by atoms with Gasteiger partial charge < -0.3 is 19.9 Å². The molecule has 1 N–H and O–H groups in total. The monoisotopic (exact) mass is 461 g/mol. The van der Waals surface area contributed by atoms with Crippen LogP contribution in [-0.2, 0) is 4.74 Å². The first kappa shape index (κ1) is 19.1. The van der Waals surface area contributed by atoms with E-state index in [9.17, 15) is 9.59 Å². The van der Waals surface area contributed by atoms with Crippen LogP contribution in [0, 0.1) is 0 Å². The van der Waals surface area contributed by atoms with E-state index in [-0.39, 0.29) is 12.1 Å². The van der Waals surface area contributed by atoms with Gasteiger partial charge in [-0.05, 0) is 54.9 Å². The van der Waals surface area contributed by atoms with Gasteiger partial charge in [0.25, 0.3) is 0 Å². The molecule has 132 valence electrons. The van der Waals surface area contributed by atoms with Gasteiger partial charge in [-0.1, -0.05) is 15.9 Å². The third kappa shape index (κ3) is 5.37. The summed E-state index contributed by atoms with van der Waals surface area (Å²) in [7, 11) is 0. The number of anilines is 1. The largest absolute Gasteiger partial charge is 0.444 e. The topological polar surface area (TPSA) is 61.9 Å². The Balaban J connectivity index is 1.89. The zero-order valence-electron chi connectivity index (χ0n) is 13.9. The highest BCUT2D eigenvalue weighted by molar-refractivity contribution is 9.11. The van der Waals surface area contributed by atoms with Gasteiger partial charge >= 0.3 is 12.1 Å². The second kappa shape index (κ2) is 7.74. The Labute approximate surface area is 158 Å². The molecule has 1 aliphatic rings. The molecule has 1 aromatic carbocycles. The van der Waals surface area contributed by atoms with Gasteiger partial charge in [0.2, 0.25) is 0 Å². The molecule has 1 aromatic rings. The Morgan fingerprint density at radius 3 is 2.25 bits per heavy atom. The second-order valence-corrected chi connectivity index (χ2v) is 8.28. The van der Waals surface area contributed by atoms with E-state index in [0.717, 1.165) is 8.95 Å². The fraction of sp³-hybridized carbons (Fsp3) is 0.500. The lowest BCUT2D eigenvalue weighted by molar-refractivity contribution is 0.0174. The summed E-state index contributed by atoms with van der Waals surface area (Å²) in [6, 6.07) is 5.40. The predicted molar refractivity (Wildman–Crippen MR) is 100 cm³/mol. The van der Waals surface area contributed by atoms with Gasteiger partial charge in [-0.15, -0.1) is 0 Å². The van der Waals surface area contributed by atoms with Crippen molar-refractivity contribution >= 4 is 49.7 Å². The minimum atomic E-state index is -0.515. The smallest absolute Gasteiger partial charge is 0.410 e. The molecular formula is C16H21Br2N3O3. The number of nitrogens with zero attached hydrogens (tertiary/aromatic N) is 2. The molecular weight excluding hydrogens is 442 g/mol. The second-order valence-electron chi connectivity index (χ2n) is 6.51. The van der Waals surface area contributed by atoms with Crippen molar-refractivity contribution in [2.75, 3.05) is 31.5 Å². The first-order valence-electron chi connectivity index (χ1n) is 7.64. The summed E-state index contributed by atoms with van der Waals surface area (Å²) in [6.07, 6.45) is -0.336. The van der Waals surface area contributed by atoms with Crippen molar-refractivity contribution in [3.05, 3.63) is 27.1 Å². The fourth-order valence-electron chi connectivity index (χ4n) is 2.21. The van der Waals surface area contributed by atoms with Crippen LogP contribution in [0.15, 0.2) is 27.1 Å². The molecule has 24 heavy (non-hydrogen) atoms. The average Bonchev–Trinajstić information content (AvgIpc) is 2.49. The average molecular weight is 463 g/mol. The number of amides is 3. The molecule has 0 aromatic heterocycles. The van der Waals surface area contributed by atoms with Gasteiger partial charge in [0.15, 0.2) is 0 Å². The van der Waals surface area contributed by atoms with E-state index in [0.29, 0.717) is 31.9 Å². The van der Waals surface area contributed by atoms with Gasteiger partial charge in [0.05, 0.1) is 5.69 Å². The molecule has 0 radical (unpaired) electrons. The van der Waals surface area contributed by atoms with Crippen molar-refractivity contribution in [2.24, 2.45) is 0 Å². The number of rotatable bonds is 1. The van der Waals surface area contributed by atoms with E-state index in [1.165, 1.54) is 0 Å². The molecule has 1 saturated heterocycles. The maximum Gasteiger partial charge on any atom is 0.410 e. The van der Waals surface area contributed by atoms with Crippen molar-refractivity contribution < 1.29 is 14.3 Å². The van der Waals surface area contributed by atoms with Gasteiger partial charge in [0, 0.05) is 35.1 Å². The van der Waals surface area contributed by atoms with Crippen LogP contribution in [0.4, 0.5) is 15.3 Å². The summed E-state index contributed by atoms with van der Waals surface area (Å²) in [5, 5.41) is 2.88. The Morgan fingerprint density at radius 1 is 1.08 bits per heavy atom. The van der Waals surface area contributed by atoms with E-state index in [1.54, 1.807) is 9.80 Å². The van der Waals surface area contributed by atoms with E-state index in [4.69, 9.17) is 4.74 Å². The Morgan fingerprint density at radius 2 is 1.67 bits per heavy atom. The number of halogens is 2. The molecule has 0 unspecified atom stereocenters. The lowest BCUT2D eigenvalue weighted by Crippen LogP contribution is -2.52. The minimum absolute atomic E-state index is 0.183. The molecule has 3 amide bonds. The summed E-state index contributed by atoms with van der Waals surface area (Å²) in [5.74, 6) is 0. The molecule has 6 nitrogen and oxygen atoms in total. The zero-order chi connectivity index (χ0) is 17.9. The van der Waals surface area contributed by atoms with E-state index in [1.807, 2.05) is 39.0 Å². The first-order chi connectivity index (χ1) is 11.2. The number of carbonyl (C=O) groups is 2. The molecule has 0 aliphatic carbocycles. The summed E-state index contributed by atoms with van der Waals surface area (Å²) in [6.45, 7) is 7.37. The Bertz CT molecular complexity index is 623. The highest BCUT2D eigenvalue weighted by Crippen LogP contribution is 2.26. The lowest BCUT2D eigenvalue weighted by Gasteiger charge is -2.35. The molecule has 0 spiro atoms. The Kier molecular flexibility index (Phi) is 6.14. The van der Waals surface area contributed by atoms with Gasteiger partial charge in [0.1, 0.15) is 5.60 Å². The van der Waals surface area contributed by atoms with Crippen molar-refractivity contribution in [1.29, 1.82) is 0 Å². The minimum Gasteiger partial charge on any atom is -0.444 e. The highest BCUT2D eigenvalue weighted by Gasteiger charge is 2.27. The number of benzene rings is 1. The predicted octanol–water partition coefficient (Wildman–Crippen LogP) is 4.30. The third-order valence-corrected chi connectivity index (χ3v) is 4.57. The molecule has 2 rings (SSSR count). The van der Waals surface area contributed by atoms with E-state index >= 15 is 0 Å². The fourth-order valence-corrected chi connectivity index (χ4v) is 2.91. The number of ether oxygens (including phenoxy) is 1. The van der Waals surface area contributed by atoms with Gasteiger partial charge in [-0.3, -0.25) is 0 Å². The lowest BCUT2D eigenvalue weighted by atomic mass is 10.2. The molecule has 1 heterocycles. The first-order valence-corrected chi connectivity index (χ1v) is 9.23. The number of nitrogens with one attached hydrogen (secondary N) is 1. The van der Waals surface area contributed by atoms with Crippen molar-refractivity contribution in [2.45, 2.75) is 26.4 Å². The number of hydrogen-bond acceptors (Lipinski definition) is 3.